The maximum Gasteiger partial charge on any atom is 0.318 e. The summed E-state index contributed by atoms with van der Waals surface area (Å²) in [7, 11) is -1.34. The van der Waals surface area contributed by atoms with Crippen LogP contribution in [0.4, 0.5) is 0 Å². The molecule has 3 heteroatoms. The standard InChI is InChI=1S/C15H30O2Si/c1-18(16-12-14-8-4-2-5-9-14)17-13-15-10-6-3-7-11-15/h14-15,18H,2-13H2,1H3. The smallest absolute Gasteiger partial charge is 0.318 e. The highest BCUT2D eigenvalue weighted by molar-refractivity contribution is 6.42. The molecule has 0 heterocycles. The van der Waals surface area contributed by atoms with Gasteiger partial charge in [-0.25, -0.2) is 0 Å². The molecule has 0 atom stereocenters. The molecule has 2 aliphatic carbocycles. The van der Waals surface area contributed by atoms with Crippen LogP contribution in [0.15, 0.2) is 0 Å². The predicted octanol–water partition coefficient (Wildman–Crippen LogP) is 4.03. The van der Waals surface area contributed by atoms with Crippen LogP contribution in [0.2, 0.25) is 6.55 Å². The molecule has 2 aliphatic rings. The van der Waals surface area contributed by atoms with Crippen molar-refractivity contribution in [2.24, 2.45) is 11.8 Å². The molecular formula is C15H30O2Si. The largest absolute Gasteiger partial charge is 0.396 e. The molecule has 2 fully saturated rings. The quantitative estimate of drug-likeness (QED) is 0.678. The number of rotatable bonds is 6. The molecule has 0 bridgehead atoms. The molecule has 0 aromatic heterocycles. The zero-order valence-corrected chi connectivity index (χ0v) is 13.2. The Kier molecular flexibility index (Phi) is 6.74. The molecule has 0 saturated heterocycles. The Hall–Kier alpha value is 0.137. The van der Waals surface area contributed by atoms with Gasteiger partial charge in [-0.05, 0) is 44.1 Å². The number of hydrogen-bond donors (Lipinski definition) is 0. The molecule has 0 amide bonds. The van der Waals surface area contributed by atoms with E-state index >= 15 is 0 Å². The van der Waals surface area contributed by atoms with Crippen molar-refractivity contribution in [3.63, 3.8) is 0 Å². The molecule has 0 radical (unpaired) electrons. The third-order valence-electron chi connectivity index (χ3n) is 4.58. The lowest BCUT2D eigenvalue weighted by Gasteiger charge is -2.25. The Balaban J connectivity index is 1.52. The molecule has 0 spiro atoms. The van der Waals surface area contributed by atoms with Crippen molar-refractivity contribution in [2.75, 3.05) is 13.2 Å². The molecule has 106 valence electrons. The van der Waals surface area contributed by atoms with E-state index in [0.717, 1.165) is 25.0 Å². The van der Waals surface area contributed by atoms with Gasteiger partial charge < -0.3 is 8.85 Å². The summed E-state index contributed by atoms with van der Waals surface area (Å²) in [5.41, 5.74) is 0. The van der Waals surface area contributed by atoms with Gasteiger partial charge in [-0.2, -0.15) is 0 Å². The van der Waals surface area contributed by atoms with Crippen molar-refractivity contribution in [1.82, 2.24) is 0 Å². The molecule has 0 aromatic carbocycles. The van der Waals surface area contributed by atoms with E-state index in [0.29, 0.717) is 0 Å². The lowest BCUT2D eigenvalue weighted by molar-refractivity contribution is 0.131. The van der Waals surface area contributed by atoms with Gasteiger partial charge in [-0.3, -0.25) is 0 Å². The zero-order chi connectivity index (χ0) is 12.6. The first kappa shape index (κ1) is 14.5. The Morgan fingerprint density at radius 3 is 1.50 bits per heavy atom. The second kappa shape index (κ2) is 8.34. The van der Waals surface area contributed by atoms with Gasteiger partial charge in [0.05, 0.1) is 0 Å². The van der Waals surface area contributed by atoms with Gasteiger partial charge in [0.1, 0.15) is 0 Å². The van der Waals surface area contributed by atoms with E-state index in [2.05, 4.69) is 6.55 Å². The van der Waals surface area contributed by atoms with Gasteiger partial charge >= 0.3 is 9.28 Å². The van der Waals surface area contributed by atoms with Crippen LogP contribution in [-0.2, 0) is 8.85 Å². The van der Waals surface area contributed by atoms with E-state index in [1.165, 1.54) is 64.2 Å². The maximum absolute atomic E-state index is 5.99. The molecule has 18 heavy (non-hydrogen) atoms. The van der Waals surface area contributed by atoms with Crippen LogP contribution in [0.5, 0.6) is 0 Å². The van der Waals surface area contributed by atoms with Crippen molar-refractivity contribution in [3.8, 4) is 0 Å². The Morgan fingerprint density at radius 1 is 0.722 bits per heavy atom. The summed E-state index contributed by atoms with van der Waals surface area (Å²) in [6.07, 6.45) is 14.0. The normalized spacial score (nSPS) is 23.7. The van der Waals surface area contributed by atoms with E-state index in [4.69, 9.17) is 8.85 Å². The molecule has 2 rings (SSSR count). The molecular weight excluding hydrogens is 240 g/mol. The van der Waals surface area contributed by atoms with Gasteiger partial charge in [0.15, 0.2) is 0 Å². The van der Waals surface area contributed by atoms with Crippen LogP contribution in [0.1, 0.15) is 64.2 Å². The van der Waals surface area contributed by atoms with Gasteiger partial charge in [-0.15, -0.1) is 0 Å². The summed E-state index contributed by atoms with van der Waals surface area (Å²) in [5.74, 6) is 1.65. The minimum Gasteiger partial charge on any atom is -0.396 e. The molecule has 0 aromatic rings. The minimum atomic E-state index is -1.34. The summed E-state index contributed by atoms with van der Waals surface area (Å²) in [5, 5.41) is 0. The van der Waals surface area contributed by atoms with E-state index < -0.39 is 9.28 Å². The number of hydrogen-bond acceptors (Lipinski definition) is 2. The van der Waals surface area contributed by atoms with Crippen molar-refractivity contribution in [3.05, 3.63) is 0 Å². The van der Waals surface area contributed by atoms with Crippen LogP contribution in [0.3, 0.4) is 0 Å². The summed E-state index contributed by atoms with van der Waals surface area (Å²) in [6, 6.07) is 0. The van der Waals surface area contributed by atoms with Crippen molar-refractivity contribution in [1.29, 1.82) is 0 Å². The Morgan fingerprint density at radius 2 is 1.11 bits per heavy atom. The lowest BCUT2D eigenvalue weighted by atomic mass is 9.90. The van der Waals surface area contributed by atoms with E-state index in [9.17, 15) is 0 Å². The first-order chi connectivity index (χ1) is 8.84. The van der Waals surface area contributed by atoms with Gasteiger partial charge in [0, 0.05) is 13.2 Å². The average Bonchev–Trinajstić information content (AvgIpc) is 2.45. The van der Waals surface area contributed by atoms with Gasteiger partial charge in [0.2, 0.25) is 0 Å². The highest BCUT2D eigenvalue weighted by atomic mass is 28.3. The summed E-state index contributed by atoms with van der Waals surface area (Å²) in [4.78, 5) is 0. The van der Waals surface area contributed by atoms with Crippen LogP contribution >= 0.6 is 0 Å². The highest BCUT2D eigenvalue weighted by Gasteiger charge is 2.18. The van der Waals surface area contributed by atoms with Crippen LogP contribution in [0.25, 0.3) is 0 Å². The third-order valence-corrected chi connectivity index (χ3v) is 5.91. The fraction of sp³-hybridized carbons (Fsp3) is 1.00. The molecule has 0 aliphatic heterocycles. The van der Waals surface area contributed by atoms with Crippen LogP contribution in [-0.4, -0.2) is 22.5 Å². The van der Waals surface area contributed by atoms with Crippen molar-refractivity contribution < 1.29 is 8.85 Å². The zero-order valence-electron chi connectivity index (χ0n) is 12.0. The van der Waals surface area contributed by atoms with Gasteiger partial charge in [0.25, 0.3) is 0 Å². The fourth-order valence-electron chi connectivity index (χ4n) is 3.30. The molecule has 2 saturated carbocycles. The topological polar surface area (TPSA) is 18.5 Å². The SMILES string of the molecule is C[SiH](OCC1CCCCC1)OCC1CCCCC1. The maximum atomic E-state index is 5.99. The Bertz CT molecular complexity index is 189. The summed E-state index contributed by atoms with van der Waals surface area (Å²) in [6.45, 7) is 4.14. The highest BCUT2D eigenvalue weighted by Crippen LogP contribution is 2.25. The molecule has 2 nitrogen and oxygen atoms in total. The fourth-order valence-corrected chi connectivity index (χ4v) is 4.48. The van der Waals surface area contributed by atoms with E-state index in [1.54, 1.807) is 0 Å². The van der Waals surface area contributed by atoms with Crippen molar-refractivity contribution in [2.45, 2.75) is 70.8 Å². The average molecular weight is 270 g/mol. The third kappa shape index (κ3) is 5.41. The first-order valence-electron chi connectivity index (χ1n) is 8.08. The van der Waals surface area contributed by atoms with Gasteiger partial charge in [-0.1, -0.05) is 38.5 Å². The second-order valence-corrected chi connectivity index (χ2v) is 8.04. The van der Waals surface area contributed by atoms with E-state index in [-0.39, 0.29) is 0 Å². The summed E-state index contributed by atoms with van der Waals surface area (Å²) >= 11 is 0. The summed E-state index contributed by atoms with van der Waals surface area (Å²) < 4.78 is 12.0. The minimum absolute atomic E-state index is 0.826. The monoisotopic (exact) mass is 270 g/mol. The Labute approximate surface area is 114 Å². The second-order valence-electron chi connectivity index (χ2n) is 6.24. The predicted molar refractivity (Wildman–Crippen MR) is 78.1 cm³/mol. The lowest BCUT2D eigenvalue weighted by Crippen LogP contribution is -2.26. The molecule has 0 N–H and O–H groups in total. The van der Waals surface area contributed by atoms with E-state index in [1.807, 2.05) is 0 Å². The molecule has 0 unspecified atom stereocenters. The van der Waals surface area contributed by atoms with Crippen LogP contribution < -0.4 is 0 Å². The first-order valence-corrected chi connectivity index (χ1v) is 10.2. The van der Waals surface area contributed by atoms with Crippen molar-refractivity contribution >= 4 is 9.28 Å². The van der Waals surface area contributed by atoms with Crippen LogP contribution in [0, 0.1) is 11.8 Å².